The summed E-state index contributed by atoms with van der Waals surface area (Å²) in [6.07, 6.45) is 1.83. The van der Waals surface area contributed by atoms with Crippen molar-refractivity contribution in [3.63, 3.8) is 0 Å². The van der Waals surface area contributed by atoms with E-state index < -0.39 is 0 Å². The van der Waals surface area contributed by atoms with Gasteiger partial charge in [0.2, 0.25) is 0 Å². The van der Waals surface area contributed by atoms with E-state index >= 15 is 0 Å². The molecule has 0 aliphatic carbocycles. The fourth-order valence-electron chi connectivity index (χ4n) is 2.48. The second-order valence-electron chi connectivity index (χ2n) is 5.31. The van der Waals surface area contributed by atoms with E-state index in [-0.39, 0.29) is 5.91 Å². The predicted molar refractivity (Wildman–Crippen MR) is 101 cm³/mol. The first-order valence-corrected chi connectivity index (χ1v) is 9.24. The zero-order valence-electron chi connectivity index (χ0n) is 13.2. The molecule has 6 heteroatoms. The summed E-state index contributed by atoms with van der Waals surface area (Å²) in [6, 6.07) is 5.36. The van der Waals surface area contributed by atoms with E-state index in [1.165, 1.54) is 11.3 Å². The first-order valence-electron chi connectivity index (χ1n) is 7.61. The third-order valence-electron chi connectivity index (χ3n) is 3.54. The van der Waals surface area contributed by atoms with Crippen LogP contribution in [0.4, 0.5) is 5.00 Å². The van der Waals surface area contributed by atoms with Crippen LogP contribution >= 0.6 is 34.5 Å². The summed E-state index contributed by atoms with van der Waals surface area (Å²) in [5.74, 6) is -0.0199. The molecule has 0 aliphatic heterocycles. The van der Waals surface area contributed by atoms with E-state index in [1.807, 2.05) is 16.3 Å². The molecule has 1 amide bonds. The van der Waals surface area contributed by atoms with Gasteiger partial charge in [-0.2, -0.15) is 0 Å². The van der Waals surface area contributed by atoms with Crippen LogP contribution in [0.15, 0.2) is 23.6 Å². The van der Waals surface area contributed by atoms with E-state index in [4.69, 9.17) is 28.9 Å². The van der Waals surface area contributed by atoms with E-state index in [2.05, 4.69) is 13.8 Å². The molecule has 0 atom stereocenters. The van der Waals surface area contributed by atoms with Crippen LogP contribution < -0.4 is 5.73 Å². The van der Waals surface area contributed by atoms with Crippen molar-refractivity contribution in [2.45, 2.75) is 26.7 Å². The van der Waals surface area contributed by atoms with E-state index in [0.717, 1.165) is 37.1 Å². The molecule has 124 valence electrons. The van der Waals surface area contributed by atoms with Gasteiger partial charge in [0.15, 0.2) is 0 Å². The largest absolute Gasteiger partial charge is 0.390 e. The van der Waals surface area contributed by atoms with Crippen molar-refractivity contribution in [2.24, 2.45) is 0 Å². The average Bonchev–Trinajstić information content (AvgIpc) is 2.91. The van der Waals surface area contributed by atoms with Crippen molar-refractivity contribution in [1.29, 1.82) is 0 Å². The highest BCUT2D eigenvalue weighted by Gasteiger charge is 2.23. The summed E-state index contributed by atoms with van der Waals surface area (Å²) in [6.45, 7) is 5.57. The molecule has 1 aromatic carbocycles. The summed E-state index contributed by atoms with van der Waals surface area (Å²) < 4.78 is 0. The molecule has 2 N–H and O–H groups in total. The SMILES string of the molecule is CCCN(CCC)C(=O)c1c(-c2ccc(Cl)c(Cl)c2)csc1N. The summed E-state index contributed by atoms with van der Waals surface area (Å²) in [5, 5.41) is 3.39. The topological polar surface area (TPSA) is 46.3 Å². The third-order valence-corrected chi connectivity index (χ3v) is 5.09. The molecular formula is C17H20Cl2N2OS. The van der Waals surface area contributed by atoms with Crippen molar-refractivity contribution in [2.75, 3.05) is 18.8 Å². The number of hydrogen-bond acceptors (Lipinski definition) is 3. The Morgan fingerprint density at radius 1 is 1.17 bits per heavy atom. The molecule has 0 bridgehead atoms. The minimum atomic E-state index is -0.0199. The minimum absolute atomic E-state index is 0.0199. The molecule has 1 heterocycles. The number of nitrogens with zero attached hydrogens (tertiary/aromatic N) is 1. The molecule has 0 spiro atoms. The highest BCUT2D eigenvalue weighted by Crippen LogP contribution is 2.37. The highest BCUT2D eigenvalue weighted by molar-refractivity contribution is 7.15. The number of benzene rings is 1. The quantitative estimate of drug-likeness (QED) is 0.722. The number of amides is 1. The Bertz CT molecular complexity index is 694. The number of nitrogens with two attached hydrogens (primary N) is 1. The van der Waals surface area contributed by atoms with Gasteiger partial charge < -0.3 is 10.6 Å². The maximum Gasteiger partial charge on any atom is 0.257 e. The van der Waals surface area contributed by atoms with Gasteiger partial charge in [-0.05, 0) is 30.5 Å². The number of halogens is 2. The lowest BCUT2D eigenvalue weighted by Crippen LogP contribution is -2.33. The molecule has 0 radical (unpaired) electrons. The van der Waals surface area contributed by atoms with Gasteiger partial charge in [0.25, 0.3) is 5.91 Å². The number of nitrogen functional groups attached to an aromatic ring is 1. The zero-order valence-corrected chi connectivity index (χ0v) is 15.6. The van der Waals surface area contributed by atoms with Crippen LogP contribution in [0.1, 0.15) is 37.0 Å². The number of hydrogen-bond donors (Lipinski definition) is 1. The second kappa shape index (κ2) is 8.04. The Balaban J connectivity index is 2.45. The molecule has 1 aromatic heterocycles. The van der Waals surface area contributed by atoms with Crippen molar-refractivity contribution >= 4 is 45.4 Å². The second-order valence-corrected chi connectivity index (χ2v) is 7.04. The van der Waals surface area contributed by atoms with Crippen molar-refractivity contribution in [3.8, 4) is 11.1 Å². The smallest absolute Gasteiger partial charge is 0.257 e. The average molecular weight is 371 g/mol. The molecule has 0 aliphatic rings. The molecule has 0 saturated carbocycles. The number of rotatable bonds is 6. The van der Waals surface area contributed by atoms with Crippen LogP contribution in [0.25, 0.3) is 11.1 Å². The summed E-state index contributed by atoms with van der Waals surface area (Å²) in [7, 11) is 0. The van der Waals surface area contributed by atoms with Gasteiger partial charge in [-0.25, -0.2) is 0 Å². The highest BCUT2D eigenvalue weighted by atomic mass is 35.5. The van der Waals surface area contributed by atoms with Gasteiger partial charge in [0.05, 0.1) is 20.6 Å². The molecule has 2 rings (SSSR count). The fourth-order valence-corrected chi connectivity index (χ4v) is 3.59. The van der Waals surface area contributed by atoms with Crippen LogP contribution in [0.2, 0.25) is 10.0 Å². The van der Waals surface area contributed by atoms with E-state index in [0.29, 0.717) is 20.6 Å². The van der Waals surface area contributed by atoms with Gasteiger partial charge in [0.1, 0.15) is 0 Å². The Morgan fingerprint density at radius 3 is 2.39 bits per heavy atom. The molecule has 0 unspecified atom stereocenters. The standard InChI is InChI=1S/C17H20Cl2N2OS/c1-3-7-21(8-4-2)17(22)15-12(10-23-16(15)20)11-5-6-13(18)14(19)9-11/h5-6,9-10H,3-4,7-8,20H2,1-2H3. The van der Waals surface area contributed by atoms with Crippen LogP contribution in [0.3, 0.4) is 0 Å². The first-order chi connectivity index (χ1) is 11.0. The monoisotopic (exact) mass is 370 g/mol. The Morgan fingerprint density at radius 2 is 1.83 bits per heavy atom. The zero-order chi connectivity index (χ0) is 17.0. The molecule has 23 heavy (non-hydrogen) atoms. The summed E-state index contributed by atoms with van der Waals surface area (Å²) in [4.78, 5) is 14.8. The fraction of sp³-hybridized carbons (Fsp3) is 0.353. The maximum absolute atomic E-state index is 12.9. The minimum Gasteiger partial charge on any atom is -0.390 e. The van der Waals surface area contributed by atoms with Gasteiger partial charge >= 0.3 is 0 Å². The molecule has 2 aromatic rings. The molecule has 3 nitrogen and oxygen atoms in total. The lowest BCUT2D eigenvalue weighted by molar-refractivity contribution is 0.0758. The van der Waals surface area contributed by atoms with Gasteiger partial charge in [0, 0.05) is 24.0 Å². The Labute approximate surface area is 151 Å². The van der Waals surface area contributed by atoms with E-state index in [1.54, 1.807) is 12.1 Å². The van der Waals surface area contributed by atoms with Crippen LogP contribution in [0.5, 0.6) is 0 Å². The number of carbonyl (C=O) groups is 1. The lowest BCUT2D eigenvalue weighted by atomic mass is 10.0. The van der Waals surface area contributed by atoms with Gasteiger partial charge in [-0.3, -0.25) is 4.79 Å². The normalized spacial score (nSPS) is 10.8. The van der Waals surface area contributed by atoms with Crippen LogP contribution in [-0.4, -0.2) is 23.9 Å². The Kier molecular flexibility index (Phi) is 6.33. The first kappa shape index (κ1) is 18.1. The number of anilines is 1. The molecular weight excluding hydrogens is 351 g/mol. The molecule has 0 saturated heterocycles. The van der Waals surface area contributed by atoms with Gasteiger partial charge in [-0.15, -0.1) is 11.3 Å². The summed E-state index contributed by atoms with van der Waals surface area (Å²) in [5.41, 5.74) is 8.32. The third kappa shape index (κ3) is 4.00. The van der Waals surface area contributed by atoms with Crippen molar-refractivity contribution < 1.29 is 4.79 Å². The van der Waals surface area contributed by atoms with Crippen LogP contribution in [-0.2, 0) is 0 Å². The van der Waals surface area contributed by atoms with Crippen molar-refractivity contribution in [1.82, 2.24) is 4.90 Å². The maximum atomic E-state index is 12.9. The lowest BCUT2D eigenvalue weighted by Gasteiger charge is -2.22. The van der Waals surface area contributed by atoms with Crippen molar-refractivity contribution in [3.05, 3.63) is 39.2 Å². The van der Waals surface area contributed by atoms with Crippen LogP contribution in [0, 0.1) is 0 Å². The number of thiophene rings is 1. The Hall–Kier alpha value is -1.23. The predicted octanol–water partition coefficient (Wildman–Crippen LogP) is 5.57. The number of carbonyl (C=O) groups excluding carboxylic acids is 1. The van der Waals surface area contributed by atoms with E-state index in [9.17, 15) is 4.79 Å². The molecule has 0 fully saturated rings. The van der Waals surface area contributed by atoms with Gasteiger partial charge in [-0.1, -0.05) is 43.1 Å². The summed E-state index contributed by atoms with van der Waals surface area (Å²) >= 11 is 13.5.